The zero-order valence-corrected chi connectivity index (χ0v) is 12.1. The van der Waals surface area contributed by atoms with E-state index in [9.17, 15) is 0 Å². The van der Waals surface area contributed by atoms with Crippen molar-refractivity contribution in [3.63, 3.8) is 0 Å². The molecule has 1 aromatic heterocycles. The number of fused-ring (bicyclic) bond motifs is 1. The van der Waals surface area contributed by atoms with Gasteiger partial charge in [0, 0.05) is 22.1 Å². The highest BCUT2D eigenvalue weighted by molar-refractivity contribution is 6.38. The fraction of sp³-hybridized carbons (Fsp3) is 0.273. The van der Waals surface area contributed by atoms with Crippen molar-refractivity contribution in [2.75, 3.05) is 6.54 Å². The number of hydrogen-bond acceptors (Lipinski definition) is 1. The Balaban J connectivity index is 0.00000128. The number of aromatic nitrogens is 1. The van der Waals surface area contributed by atoms with E-state index in [0.717, 1.165) is 23.7 Å². The molecule has 0 radical (unpaired) electrons. The smallest absolute Gasteiger partial charge is 0.0517 e. The van der Waals surface area contributed by atoms with Crippen LogP contribution in [0.5, 0.6) is 0 Å². The van der Waals surface area contributed by atoms with E-state index in [-0.39, 0.29) is 24.8 Å². The molecule has 0 amide bonds. The van der Waals surface area contributed by atoms with Crippen molar-refractivity contribution < 1.29 is 0 Å². The van der Waals surface area contributed by atoms with Crippen LogP contribution in [-0.2, 0) is 6.42 Å². The van der Waals surface area contributed by atoms with Crippen molar-refractivity contribution in [2.45, 2.75) is 12.8 Å². The maximum atomic E-state index is 6.15. The van der Waals surface area contributed by atoms with Crippen molar-refractivity contribution in [1.82, 2.24) is 4.98 Å². The Morgan fingerprint density at radius 2 is 1.88 bits per heavy atom. The second-order valence-electron chi connectivity index (χ2n) is 3.52. The molecule has 0 aliphatic heterocycles. The number of hydrogen-bond donors (Lipinski definition) is 2. The van der Waals surface area contributed by atoms with Crippen LogP contribution < -0.4 is 5.73 Å². The van der Waals surface area contributed by atoms with Gasteiger partial charge in [-0.1, -0.05) is 23.2 Å². The van der Waals surface area contributed by atoms with Gasteiger partial charge in [-0.15, -0.1) is 24.8 Å². The number of aromatic amines is 1. The Morgan fingerprint density at radius 3 is 2.53 bits per heavy atom. The summed E-state index contributed by atoms with van der Waals surface area (Å²) in [7, 11) is 0. The van der Waals surface area contributed by atoms with Gasteiger partial charge in [-0.25, -0.2) is 0 Å². The number of nitrogens with two attached hydrogens (primary N) is 1. The fourth-order valence-corrected chi connectivity index (χ4v) is 2.36. The van der Waals surface area contributed by atoms with Crippen LogP contribution >= 0.6 is 48.0 Å². The van der Waals surface area contributed by atoms with Gasteiger partial charge in [0.2, 0.25) is 0 Å². The Hall–Kier alpha value is -0.120. The molecule has 0 fully saturated rings. The summed E-state index contributed by atoms with van der Waals surface area (Å²) in [4.78, 5) is 3.17. The monoisotopic (exact) mass is 314 g/mol. The lowest BCUT2D eigenvalue weighted by Gasteiger charge is -2.00. The first-order chi connectivity index (χ1) is 7.22. The van der Waals surface area contributed by atoms with Crippen LogP contribution in [-0.4, -0.2) is 11.5 Å². The first-order valence-electron chi connectivity index (χ1n) is 4.87. The van der Waals surface area contributed by atoms with Crippen molar-refractivity contribution in [3.05, 3.63) is 33.9 Å². The predicted molar refractivity (Wildman–Crippen MR) is 80.2 cm³/mol. The van der Waals surface area contributed by atoms with E-state index in [1.54, 1.807) is 6.07 Å². The van der Waals surface area contributed by atoms with Gasteiger partial charge in [0.05, 0.1) is 5.02 Å². The molecule has 96 valence electrons. The van der Waals surface area contributed by atoms with Crippen molar-refractivity contribution >= 4 is 58.9 Å². The minimum atomic E-state index is 0. The average molecular weight is 316 g/mol. The Bertz CT molecular complexity index is 482. The minimum Gasteiger partial charge on any atom is -0.361 e. The van der Waals surface area contributed by atoms with Gasteiger partial charge in [-0.05, 0) is 37.1 Å². The Labute approximate surface area is 123 Å². The summed E-state index contributed by atoms with van der Waals surface area (Å²) in [6, 6.07) is 3.65. The van der Waals surface area contributed by atoms with Gasteiger partial charge in [0.1, 0.15) is 0 Å². The third-order valence-electron chi connectivity index (χ3n) is 2.43. The van der Waals surface area contributed by atoms with E-state index < -0.39 is 0 Å². The molecule has 0 aliphatic carbocycles. The van der Waals surface area contributed by atoms with E-state index in [4.69, 9.17) is 28.9 Å². The van der Waals surface area contributed by atoms with Crippen LogP contribution in [0.4, 0.5) is 0 Å². The molecule has 6 heteroatoms. The van der Waals surface area contributed by atoms with E-state index in [1.807, 2.05) is 12.3 Å². The van der Waals surface area contributed by atoms with Gasteiger partial charge < -0.3 is 10.7 Å². The second-order valence-corrected chi connectivity index (χ2v) is 4.36. The topological polar surface area (TPSA) is 41.8 Å². The normalized spacial score (nSPS) is 9.82. The summed E-state index contributed by atoms with van der Waals surface area (Å²) in [6.07, 6.45) is 3.88. The van der Waals surface area contributed by atoms with E-state index in [0.29, 0.717) is 16.6 Å². The second kappa shape index (κ2) is 7.34. The SMILES string of the molecule is Cl.Cl.NCCCc1c[nH]c2cc(Cl)cc(Cl)c12. The molecule has 1 aromatic carbocycles. The molecule has 0 atom stereocenters. The van der Waals surface area contributed by atoms with Crippen LogP contribution in [0.2, 0.25) is 10.0 Å². The zero-order chi connectivity index (χ0) is 10.8. The third kappa shape index (κ3) is 3.67. The quantitative estimate of drug-likeness (QED) is 0.875. The molecule has 1 heterocycles. The highest BCUT2D eigenvalue weighted by Gasteiger charge is 2.08. The number of halogens is 4. The van der Waals surface area contributed by atoms with E-state index >= 15 is 0 Å². The first-order valence-corrected chi connectivity index (χ1v) is 5.63. The highest BCUT2D eigenvalue weighted by Crippen LogP contribution is 2.30. The molecule has 0 unspecified atom stereocenters. The van der Waals surface area contributed by atoms with Gasteiger partial charge in [0.15, 0.2) is 0 Å². The van der Waals surface area contributed by atoms with Crippen LogP contribution in [0.25, 0.3) is 10.9 Å². The molecule has 2 nitrogen and oxygen atoms in total. The lowest BCUT2D eigenvalue weighted by atomic mass is 10.1. The Kier molecular flexibility index (Phi) is 7.29. The molecule has 3 N–H and O–H groups in total. The Morgan fingerprint density at radius 1 is 1.18 bits per heavy atom. The summed E-state index contributed by atoms with van der Waals surface area (Å²) >= 11 is 12.1. The molecular formula is C11H14Cl4N2. The van der Waals surface area contributed by atoms with Gasteiger partial charge in [0.25, 0.3) is 0 Å². The number of H-pyrrole nitrogens is 1. The molecule has 0 saturated heterocycles. The maximum Gasteiger partial charge on any atom is 0.0517 e. The number of aryl methyl sites for hydroxylation is 1. The summed E-state index contributed by atoms with van der Waals surface area (Å²) in [5, 5.41) is 2.42. The molecule has 17 heavy (non-hydrogen) atoms. The number of rotatable bonds is 3. The minimum absolute atomic E-state index is 0. The van der Waals surface area contributed by atoms with Crippen LogP contribution in [0, 0.1) is 0 Å². The van der Waals surface area contributed by atoms with Crippen LogP contribution in [0.1, 0.15) is 12.0 Å². The largest absolute Gasteiger partial charge is 0.361 e. The maximum absolute atomic E-state index is 6.15. The highest BCUT2D eigenvalue weighted by atomic mass is 35.5. The standard InChI is InChI=1S/C11H12Cl2N2.2ClH/c12-8-4-9(13)11-7(2-1-3-14)6-15-10(11)5-8;;/h4-6,15H,1-3,14H2;2*1H. The summed E-state index contributed by atoms with van der Waals surface area (Å²) in [5.74, 6) is 0. The summed E-state index contributed by atoms with van der Waals surface area (Å²) in [5.41, 5.74) is 7.68. The summed E-state index contributed by atoms with van der Waals surface area (Å²) in [6.45, 7) is 0.692. The van der Waals surface area contributed by atoms with Gasteiger partial charge >= 0.3 is 0 Å². The average Bonchev–Trinajstić information content (AvgIpc) is 2.58. The van der Waals surface area contributed by atoms with E-state index in [1.165, 1.54) is 5.56 Å². The van der Waals surface area contributed by atoms with Crippen molar-refractivity contribution in [3.8, 4) is 0 Å². The molecule has 0 aliphatic rings. The lowest BCUT2D eigenvalue weighted by molar-refractivity contribution is 0.837. The first kappa shape index (κ1) is 16.9. The van der Waals surface area contributed by atoms with Crippen LogP contribution in [0.3, 0.4) is 0 Å². The van der Waals surface area contributed by atoms with Gasteiger partial charge in [-0.3, -0.25) is 0 Å². The molecule has 0 saturated carbocycles. The van der Waals surface area contributed by atoms with Crippen LogP contribution in [0.15, 0.2) is 18.3 Å². The molecule has 0 bridgehead atoms. The zero-order valence-electron chi connectivity index (χ0n) is 9.00. The number of benzene rings is 1. The van der Waals surface area contributed by atoms with Crippen molar-refractivity contribution in [2.24, 2.45) is 5.73 Å². The number of nitrogens with one attached hydrogen (secondary N) is 1. The predicted octanol–water partition coefficient (Wildman–Crippen LogP) is 4.21. The molecule has 2 rings (SSSR count). The molecular weight excluding hydrogens is 302 g/mol. The fourth-order valence-electron chi connectivity index (χ4n) is 1.74. The van der Waals surface area contributed by atoms with E-state index in [2.05, 4.69) is 4.98 Å². The van der Waals surface area contributed by atoms with Gasteiger partial charge in [-0.2, -0.15) is 0 Å². The molecule has 2 aromatic rings. The lowest BCUT2D eigenvalue weighted by Crippen LogP contribution is -1.99. The summed E-state index contributed by atoms with van der Waals surface area (Å²) < 4.78 is 0. The third-order valence-corrected chi connectivity index (χ3v) is 2.94. The van der Waals surface area contributed by atoms with Crippen molar-refractivity contribution in [1.29, 1.82) is 0 Å². The molecule has 0 spiro atoms.